The van der Waals surface area contributed by atoms with Crippen molar-refractivity contribution in [3.05, 3.63) is 45.4 Å². The van der Waals surface area contributed by atoms with Crippen molar-refractivity contribution in [2.45, 2.75) is 37.5 Å². The molecule has 0 spiro atoms. The Morgan fingerprint density at radius 3 is 3.00 bits per heavy atom. The molecule has 1 saturated carbocycles. The van der Waals surface area contributed by atoms with Crippen molar-refractivity contribution in [1.82, 2.24) is 10.2 Å². The molecule has 1 aromatic carbocycles. The normalized spacial score (nSPS) is 26.9. The standard InChI is InChI=1S/C16H19N3S/c17-9-3-6-13-18-19-16(20-13)15-12-8-7-10-4-1-2-5-11(10)14(12)15/h1-2,4-5,12,14-15H,3,6-9,17H2. The number of aryl methyl sites for hydroxylation is 2. The summed E-state index contributed by atoms with van der Waals surface area (Å²) in [5.41, 5.74) is 8.67. The van der Waals surface area contributed by atoms with E-state index in [1.165, 1.54) is 17.8 Å². The van der Waals surface area contributed by atoms with Gasteiger partial charge in [0, 0.05) is 12.3 Å². The Kier molecular flexibility index (Phi) is 3.08. The maximum absolute atomic E-state index is 5.56. The molecule has 3 nitrogen and oxygen atoms in total. The first kappa shape index (κ1) is 12.5. The van der Waals surface area contributed by atoms with E-state index in [1.807, 2.05) is 0 Å². The number of aromatic nitrogens is 2. The number of nitrogens with zero attached hydrogens (tertiary/aromatic N) is 2. The number of fused-ring (bicyclic) bond motifs is 3. The van der Waals surface area contributed by atoms with E-state index < -0.39 is 0 Å². The lowest BCUT2D eigenvalue weighted by molar-refractivity contribution is 0.658. The van der Waals surface area contributed by atoms with E-state index in [0.717, 1.165) is 30.3 Å². The summed E-state index contributed by atoms with van der Waals surface area (Å²) in [5, 5.41) is 11.2. The number of nitrogens with two attached hydrogens (primary N) is 1. The van der Waals surface area contributed by atoms with Crippen LogP contribution in [0.1, 0.15) is 45.8 Å². The van der Waals surface area contributed by atoms with Gasteiger partial charge in [0.1, 0.15) is 10.0 Å². The van der Waals surface area contributed by atoms with Crippen molar-refractivity contribution >= 4 is 11.3 Å². The highest BCUT2D eigenvalue weighted by atomic mass is 32.1. The van der Waals surface area contributed by atoms with Crippen LogP contribution in [0.5, 0.6) is 0 Å². The van der Waals surface area contributed by atoms with E-state index in [-0.39, 0.29) is 0 Å². The molecule has 2 aliphatic rings. The average molecular weight is 285 g/mol. The molecule has 3 atom stereocenters. The topological polar surface area (TPSA) is 51.8 Å². The van der Waals surface area contributed by atoms with Gasteiger partial charge in [-0.2, -0.15) is 0 Å². The van der Waals surface area contributed by atoms with E-state index in [2.05, 4.69) is 34.5 Å². The minimum atomic E-state index is 0.628. The van der Waals surface area contributed by atoms with Gasteiger partial charge in [0.05, 0.1) is 0 Å². The third-order valence-corrected chi connectivity index (χ3v) is 5.78. The molecule has 1 fully saturated rings. The zero-order valence-corrected chi connectivity index (χ0v) is 12.3. The summed E-state index contributed by atoms with van der Waals surface area (Å²) >= 11 is 1.81. The lowest BCUT2D eigenvalue weighted by atomic mass is 9.92. The number of hydrogen-bond acceptors (Lipinski definition) is 4. The molecule has 4 heteroatoms. The Hall–Kier alpha value is -1.26. The Bertz CT molecular complexity index is 622. The van der Waals surface area contributed by atoms with Gasteiger partial charge in [-0.15, -0.1) is 21.5 Å². The Morgan fingerprint density at radius 1 is 1.20 bits per heavy atom. The van der Waals surface area contributed by atoms with Crippen LogP contribution in [-0.2, 0) is 12.8 Å². The monoisotopic (exact) mass is 285 g/mol. The van der Waals surface area contributed by atoms with Crippen LogP contribution < -0.4 is 5.73 Å². The van der Waals surface area contributed by atoms with Gasteiger partial charge in [0.2, 0.25) is 0 Å². The molecular weight excluding hydrogens is 266 g/mol. The fourth-order valence-electron chi connectivity index (χ4n) is 3.66. The number of hydrogen-bond donors (Lipinski definition) is 1. The van der Waals surface area contributed by atoms with Crippen molar-refractivity contribution in [3.63, 3.8) is 0 Å². The van der Waals surface area contributed by atoms with Crippen molar-refractivity contribution in [2.24, 2.45) is 11.7 Å². The van der Waals surface area contributed by atoms with Crippen LogP contribution in [-0.4, -0.2) is 16.7 Å². The van der Waals surface area contributed by atoms with E-state index in [0.29, 0.717) is 11.8 Å². The third-order valence-electron chi connectivity index (χ3n) is 4.69. The second-order valence-corrected chi connectivity index (χ2v) is 6.97. The zero-order valence-electron chi connectivity index (χ0n) is 11.5. The van der Waals surface area contributed by atoms with Gasteiger partial charge < -0.3 is 5.73 Å². The Balaban J connectivity index is 1.56. The first-order chi connectivity index (χ1) is 9.88. The molecule has 2 aliphatic carbocycles. The molecule has 0 aliphatic heterocycles. The Labute approximate surface area is 123 Å². The van der Waals surface area contributed by atoms with E-state index in [4.69, 9.17) is 5.73 Å². The lowest BCUT2D eigenvalue weighted by Gasteiger charge is -2.13. The van der Waals surface area contributed by atoms with Gasteiger partial charge in [-0.3, -0.25) is 0 Å². The molecule has 1 aromatic heterocycles. The molecule has 3 unspecified atom stereocenters. The predicted molar refractivity (Wildman–Crippen MR) is 81.0 cm³/mol. The van der Waals surface area contributed by atoms with Crippen LogP contribution in [0.4, 0.5) is 0 Å². The van der Waals surface area contributed by atoms with Gasteiger partial charge >= 0.3 is 0 Å². The molecule has 2 N–H and O–H groups in total. The van der Waals surface area contributed by atoms with Crippen LogP contribution >= 0.6 is 11.3 Å². The first-order valence-electron chi connectivity index (χ1n) is 7.48. The summed E-state index contributed by atoms with van der Waals surface area (Å²) in [6.07, 6.45) is 4.53. The Morgan fingerprint density at radius 2 is 2.10 bits per heavy atom. The van der Waals surface area contributed by atoms with Crippen LogP contribution in [0.2, 0.25) is 0 Å². The quantitative estimate of drug-likeness (QED) is 0.939. The SMILES string of the molecule is NCCCc1nnc(C2C3CCc4ccccc4C32)s1. The van der Waals surface area contributed by atoms with Gasteiger partial charge in [0.25, 0.3) is 0 Å². The van der Waals surface area contributed by atoms with Crippen LogP contribution in [0, 0.1) is 5.92 Å². The van der Waals surface area contributed by atoms with Crippen LogP contribution in [0.25, 0.3) is 0 Å². The fraction of sp³-hybridized carbons (Fsp3) is 0.500. The smallest absolute Gasteiger partial charge is 0.121 e. The summed E-state index contributed by atoms with van der Waals surface area (Å²) in [5.74, 6) is 2.14. The maximum Gasteiger partial charge on any atom is 0.121 e. The second-order valence-electron chi connectivity index (χ2n) is 5.88. The highest BCUT2D eigenvalue weighted by molar-refractivity contribution is 7.11. The van der Waals surface area contributed by atoms with Crippen molar-refractivity contribution in [1.29, 1.82) is 0 Å². The van der Waals surface area contributed by atoms with Gasteiger partial charge in [-0.1, -0.05) is 24.3 Å². The van der Waals surface area contributed by atoms with Crippen molar-refractivity contribution < 1.29 is 0 Å². The van der Waals surface area contributed by atoms with Crippen LogP contribution in [0.3, 0.4) is 0 Å². The highest BCUT2D eigenvalue weighted by Crippen LogP contribution is 2.65. The molecule has 1 heterocycles. The van der Waals surface area contributed by atoms with Gasteiger partial charge in [-0.05, 0) is 48.8 Å². The minimum Gasteiger partial charge on any atom is -0.330 e. The molecule has 20 heavy (non-hydrogen) atoms. The van der Waals surface area contributed by atoms with Gasteiger partial charge in [0.15, 0.2) is 0 Å². The number of benzene rings is 1. The van der Waals surface area contributed by atoms with E-state index in [1.54, 1.807) is 22.5 Å². The molecule has 104 valence electrons. The molecule has 0 bridgehead atoms. The second kappa shape index (κ2) is 4.93. The van der Waals surface area contributed by atoms with Crippen LogP contribution in [0.15, 0.2) is 24.3 Å². The molecule has 0 radical (unpaired) electrons. The minimum absolute atomic E-state index is 0.628. The zero-order chi connectivity index (χ0) is 13.5. The molecule has 4 rings (SSSR count). The van der Waals surface area contributed by atoms with E-state index >= 15 is 0 Å². The predicted octanol–water partition coefficient (Wildman–Crippen LogP) is 2.87. The molecule has 0 amide bonds. The maximum atomic E-state index is 5.56. The molecular formula is C16H19N3S. The third kappa shape index (κ3) is 1.98. The summed E-state index contributed by atoms with van der Waals surface area (Å²) in [6.45, 7) is 0.733. The summed E-state index contributed by atoms with van der Waals surface area (Å²) in [4.78, 5) is 0. The molecule has 2 aromatic rings. The molecule has 0 saturated heterocycles. The lowest BCUT2D eigenvalue weighted by Crippen LogP contribution is -2.00. The van der Waals surface area contributed by atoms with Crippen molar-refractivity contribution in [3.8, 4) is 0 Å². The summed E-state index contributed by atoms with van der Waals surface area (Å²) in [6, 6.07) is 8.92. The number of rotatable bonds is 4. The fourth-order valence-corrected chi connectivity index (χ4v) is 4.77. The van der Waals surface area contributed by atoms with E-state index in [9.17, 15) is 0 Å². The average Bonchev–Trinajstić information content (AvgIpc) is 3.06. The van der Waals surface area contributed by atoms with Gasteiger partial charge in [-0.25, -0.2) is 0 Å². The van der Waals surface area contributed by atoms with Crippen molar-refractivity contribution in [2.75, 3.05) is 6.54 Å². The first-order valence-corrected chi connectivity index (χ1v) is 8.30. The summed E-state index contributed by atoms with van der Waals surface area (Å²) in [7, 11) is 0. The highest BCUT2D eigenvalue weighted by Gasteiger charge is 2.55. The summed E-state index contributed by atoms with van der Waals surface area (Å²) < 4.78 is 0. The largest absolute Gasteiger partial charge is 0.330 e.